The van der Waals surface area contributed by atoms with Crippen LogP contribution in [-0.4, -0.2) is 32.2 Å². The zero-order valence-corrected chi connectivity index (χ0v) is 14.8. The molecule has 0 amide bonds. The van der Waals surface area contributed by atoms with E-state index in [-0.39, 0.29) is 0 Å². The summed E-state index contributed by atoms with van der Waals surface area (Å²) in [6.07, 6.45) is 0. The Morgan fingerprint density at radius 2 is 1.62 bits per heavy atom. The summed E-state index contributed by atoms with van der Waals surface area (Å²) in [4.78, 5) is 4.62. The molecule has 0 saturated carbocycles. The molecule has 3 aromatic rings. The molecule has 128 valence electrons. The number of halogens is 1. The maximum absolute atomic E-state index is 9.22. The Kier molecular flexibility index (Phi) is 5.55. The first-order valence-corrected chi connectivity index (χ1v) is 8.41. The van der Waals surface area contributed by atoms with Crippen LogP contribution in [0.5, 0.6) is 5.75 Å². The van der Waals surface area contributed by atoms with Crippen molar-refractivity contribution in [3.63, 3.8) is 0 Å². The summed E-state index contributed by atoms with van der Waals surface area (Å²) in [5, 5.41) is 0.692. The molecule has 0 aliphatic carbocycles. The van der Waals surface area contributed by atoms with E-state index >= 15 is 0 Å². The summed E-state index contributed by atoms with van der Waals surface area (Å²) < 4.78 is 38.3. The molecule has 0 radical (unpaired) electrons. The average molecular weight is 371 g/mol. The van der Waals surface area contributed by atoms with E-state index in [0.717, 1.165) is 34.9 Å². The van der Waals surface area contributed by atoms with E-state index in [1.54, 1.807) is 7.11 Å². The number of rotatable bonds is 2. The van der Waals surface area contributed by atoms with Gasteiger partial charge in [-0.2, -0.15) is 4.57 Å². The molecule has 0 aliphatic rings. The Bertz CT molecular complexity index is 992. The van der Waals surface area contributed by atoms with Crippen LogP contribution in [0.4, 0.5) is 0 Å². The van der Waals surface area contributed by atoms with Crippen molar-refractivity contribution in [1.29, 1.82) is 0 Å². The fourth-order valence-corrected chi connectivity index (χ4v) is 2.30. The molecule has 0 spiro atoms. The van der Waals surface area contributed by atoms with Crippen molar-refractivity contribution >= 4 is 44.1 Å². The third kappa shape index (κ3) is 4.30. The van der Waals surface area contributed by atoms with Gasteiger partial charge in [-0.25, -0.2) is 13.4 Å². The summed E-state index contributed by atoms with van der Waals surface area (Å²) in [7, 11) is 0.0683. The van der Waals surface area contributed by atoms with Gasteiger partial charge in [-0.15, -0.1) is 0 Å². The lowest BCUT2D eigenvalue weighted by Gasteiger charge is -2.03. The minimum Gasteiger partial charge on any atom is -0.726 e. The van der Waals surface area contributed by atoms with Crippen LogP contribution in [0.3, 0.4) is 0 Å². The van der Waals surface area contributed by atoms with Gasteiger partial charge in [-0.05, 0) is 18.2 Å². The lowest BCUT2D eigenvalue weighted by atomic mass is 10.2. The third-order valence-electron chi connectivity index (χ3n) is 3.29. The fourth-order valence-electron chi connectivity index (χ4n) is 2.13. The molecule has 24 heavy (non-hydrogen) atoms. The molecule has 0 atom stereocenters. The van der Waals surface area contributed by atoms with Gasteiger partial charge >= 0.3 is 0 Å². The van der Waals surface area contributed by atoms with Crippen molar-refractivity contribution in [1.82, 2.24) is 4.98 Å². The average Bonchev–Trinajstić information content (AvgIpc) is 2.54. The fraction of sp³-hybridized carbons (Fsp3) is 0.200. The molecule has 0 saturated heterocycles. The number of hydrogen-bond donors (Lipinski definition) is 0. The smallest absolute Gasteiger partial charge is 0.231 e. The number of fused-ring (bicyclic) bond motifs is 2. The number of benzene rings is 2. The van der Waals surface area contributed by atoms with Gasteiger partial charge in [-0.3, -0.25) is 4.18 Å². The second-order valence-electron chi connectivity index (χ2n) is 4.73. The summed E-state index contributed by atoms with van der Waals surface area (Å²) in [5.74, 6) is 0.802. The molecule has 0 fully saturated rings. The van der Waals surface area contributed by atoms with E-state index in [2.05, 4.69) is 13.7 Å². The standard InChI is InChI=1S/C14H12ClN2O.CH4O4S/c1-17-13-5-3-9(15)7-11(13)16-12-8-10(18-2)4-6-14(12)17;1-5-6(2,3)4/h3-8H,1-2H3;1H3,(H,2,3,4)/q+1;/p-1. The first kappa shape index (κ1) is 18.3. The van der Waals surface area contributed by atoms with Crippen LogP contribution in [-0.2, 0) is 21.6 Å². The molecule has 1 heterocycles. The van der Waals surface area contributed by atoms with E-state index in [1.807, 2.05) is 43.4 Å². The minimum atomic E-state index is -4.41. The maximum atomic E-state index is 9.22. The molecule has 7 nitrogen and oxygen atoms in total. The number of aromatic nitrogens is 2. The minimum absolute atomic E-state index is 0.692. The van der Waals surface area contributed by atoms with Gasteiger partial charge in [0.05, 0.1) is 14.2 Å². The molecule has 0 N–H and O–H groups in total. The van der Waals surface area contributed by atoms with Crippen LogP contribution in [0.1, 0.15) is 0 Å². The number of hydrogen-bond acceptors (Lipinski definition) is 6. The highest BCUT2D eigenvalue weighted by Gasteiger charge is 2.13. The van der Waals surface area contributed by atoms with Crippen LogP contribution in [0.2, 0.25) is 5.02 Å². The zero-order chi connectivity index (χ0) is 17.9. The Labute approximate surface area is 144 Å². The van der Waals surface area contributed by atoms with Crippen LogP contribution >= 0.6 is 11.6 Å². The highest BCUT2D eigenvalue weighted by Crippen LogP contribution is 2.21. The second kappa shape index (κ2) is 7.27. The second-order valence-corrected chi connectivity index (χ2v) is 6.32. The Balaban J connectivity index is 0.000000301. The lowest BCUT2D eigenvalue weighted by molar-refractivity contribution is -0.617. The monoisotopic (exact) mass is 370 g/mol. The van der Waals surface area contributed by atoms with Crippen molar-refractivity contribution < 1.29 is 26.5 Å². The molecule has 0 aliphatic heterocycles. The first-order chi connectivity index (χ1) is 11.2. The molecular formula is C15H15ClN2O5S. The van der Waals surface area contributed by atoms with Crippen molar-refractivity contribution in [3.8, 4) is 5.75 Å². The number of aryl methyl sites for hydroxylation is 1. The normalized spacial score (nSPS) is 11.2. The summed E-state index contributed by atoms with van der Waals surface area (Å²) in [5.41, 5.74) is 3.89. The molecule has 1 aromatic heterocycles. The number of methoxy groups -OCH3 is 1. The molecule has 2 aromatic carbocycles. The van der Waals surface area contributed by atoms with Gasteiger partial charge in [0, 0.05) is 23.2 Å². The lowest BCUT2D eigenvalue weighted by Crippen LogP contribution is -2.30. The number of nitrogens with zero attached hydrogens (tertiary/aromatic N) is 2. The SMILES string of the molecule is COS(=O)(=O)[O-].COc1ccc2c(c1)nc1cc(Cl)ccc1[n+]2C. The molecule has 0 unspecified atom stereocenters. The van der Waals surface area contributed by atoms with E-state index in [4.69, 9.17) is 16.3 Å². The number of ether oxygens (including phenoxy) is 1. The largest absolute Gasteiger partial charge is 0.726 e. The molecule has 0 bridgehead atoms. The van der Waals surface area contributed by atoms with Gasteiger partial charge < -0.3 is 9.29 Å². The van der Waals surface area contributed by atoms with E-state index < -0.39 is 10.4 Å². The quantitative estimate of drug-likeness (QED) is 0.296. The van der Waals surface area contributed by atoms with Crippen LogP contribution in [0.25, 0.3) is 22.1 Å². The Morgan fingerprint density at radius 3 is 2.17 bits per heavy atom. The predicted molar refractivity (Wildman–Crippen MR) is 88.7 cm³/mol. The summed E-state index contributed by atoms with van der Waals surface area (Å²) >= 11 is 6.01. The Morgan fingerprint density at radius 1 is 1.08 bits per heavy atom. The first-order valence-electron chi connectivity index (χ1n) is 6.69. The van der Waals surface area contributed by atoms with E-state index in [0.29, 0.717) is 5.02 Å². The van der Waals surface area contributed by atoms with Gasteiger partial charge in [-0.1, -0.05) is 11.6 Å². The van der Waals surface area contributed by atoms with Gasteiger partial charge in [0.15, 0.2) is 0 Å². The van der Waals surface area contributed by atoms with Crippen molar-refractivity contribution in [2.45, 2.75) is 0 Å². The van der Waals surface area contributed by atoms with Gasteiger partial charge in [0.1, 0.15) is 23.8 Å². The third-order valence-corrected chi connectivity index (χ3v) is 3.93. The van der Waals surface area contributed by atoms with Crippen molar-refractivity contribution in [2.75, 3.05) is 14.2 Å². The molecule has 9 heteroatoms. The van der Waals surface area contributed by atoms with Crippen molar-refractivity contribution in [2.24, 2.45) is 7.05 Å². The maximum Gasteiger partial charge on any atom is 0.231 e. The van der Waals surface area contributed by atoms with E-state index in [9.17, 15) is 13.0 Å². The summed E-state index contributed by atoms with van der Waals surface area (Å²) in [6.45, 7) is 0. The highest BCUT2D eigenvalue weighted by atomic mass is 35.5. The highest BCUT2D eigenvalue weighted by molar-refractivity contribution is 7.80. The topological polar surface area (TPSA) is 92.4 Å². The van der Waals surface area contributed by atoms with Crippen LogP contribution < -0.4 is 9.30 Å². The molecule has 3 rings (SSSR count). The molecular weight excluding hydrogens is 356 g/mol. The Hall–Kier alpha value is -2.00. The van der Waals surface area contributed by atoms with Gasteiger partial charge in [0.25, 0.3) is 0 Å². The van der Waals surface area contributed by atoms with Crippen LogP contribution in [0, 0.1) is 0 Å². The zero-order valence-electron chi connectivity index (χ0n) is 13.2. The van der Waals surface area contributed by atoms with E-state index in [1.165, 1.54) is 0 Å². The van der Waals surface area contributed by atoms with Gasteiger partial charge in [0.2, 0.25) is 21.4 Å². The predicted octanol–water partition coefficient (Wildman–Crippen LogP) is 1.97. The van der Waals surface area contributed by atoms with Crippen molar-refractivity contribution in [3.05, 3.63) is 41.4 Å². The van der Waals surface area contributed by atoms with Crippen LogP contribution in [0.15, 0.2) is 36.4 Å². The summed E-state index contributed by atoms with van der Waals surface area (Å²) in [6, 6.07) is 11.6.